The summed E-state index contributed by atoms with van der Waals surface area (Å²) >= 11 is 0. The largest absolute Gasteiger partial charge is 0.398 e. The van der Waals surface area contributed by atoms with E-state index < -0.39 is 0 Å². The van der Waals surface area contributed by atoms with Gasteiger partial charge in [0.2, 0.25) is 0 Å². The van der Waals surface area contributed by atoms with Gasteiger partial charge in [-0.15, -0.1) is 0 Å². The van der Waals surface area contributed by atoms with Crippen LogP contribution in [0, 0.1) is 18.3 Å². The Bertz CT molecular complexity index is 323. The molecule has 0 aliphatic rings. The van der Waals surface area contributed by atoms with Crippen LogP contribution in [-0.2, 0) is 0 Å². The number of hydrogen-bond acceptors (Lipinski definition) is 3. The van der Waals surface area contributed by atoms with Gasteiger partial charge >= 0.3 is 0 Å². The van der Waals surface area contributed by atoms with E-state index >= 15 is 0 Å². The van der Waals surface area contributed by atoms with Crippen LogP contribution in [0.1, 0.15) is 11.1 Å². The van der Waals surface area contributed by atoms with Gasteiger partial charge in [0.15, 0.2) is 0 Å². The maximum Gasteiger partial charge on any atom is 0.101 e. The van der Waals surface area contributed by atoms with Crippen molar-refractivity contribution in [1.29, 1.82) is 5.26 Å². The third-order valence-electron chi connectivity index (χ3n) is 1.68. The molecule has 0 radical (unpaired) electrons. The molecule has 0 amide bonds. The summed E-state index contributed by atoms with van der Waals surface area (Å²) in [4.78, 5) is 0. The summed E-state index contributed by atoms with van der Waals surface area (Å²) in [7, 11) is 0. The van der Waals surface area contributed by atoms with E-state index in [0.29, 0.717) is 16.9 Å². The number of hydrogen-bond donors (Lipinski definition) is 2. The Kier molecular flexibility index (Phi) is 1.69. The summed E-state index contributed by atoms with van der Waals surface area (Å²) in [5, 5.41) is 8.56. The van der Waals surface area contributed by atoms with Crippen molar-refractivity contribution in [3.63, 3.8) is 0 Å². The Morgan fingerprint density at radius 1 is 1.36 bits per heavy atom. The monoisotopic (exact) mass is 147 g/mol. The highest BCUT2D eigenvalue weighted by Gasteiger charge is 2.02. The Morgan fingerprint density at radius 3 is 2.55 bits per heavy atom. The molecule has 0 unspecified atom stereocenters. The van der Waals surface area contributed by atoms with E-state index in [2.05, 4.69) is 0 Å². The lowest BCUT2D eigenvalue weighted by atomic mass is 10.1. The Labute approximate surface area is 65.2 Å². The van der Waals surface area contributed by atoms with Crippen LogP contribution in [0.4, 0.5) is 11.4 Å². The van der Waals surface area contributed by atoms with Gasteiger partial charge < -0.3 is 11.5 Å². The molecule has 1 aromatic rings. The fraction of sp³-hybridized carbons (Fsp3) is 0.125. The lowest BCUT2D eigenvalue weighted by Gasteiger charge is -2.04. The van der Waals surface area contributed by atoms with E-state index in [0.717, 1.165) is 5.56 Å². The highest BCUT2D eigenvalue weighted by Crippen LogP contribution is 2.21. The third kappa shape index (κ3) is 1.10. The average molecular weight is 147 g/mol. The standard InChI is InChI=1S/C8H9N3/c1-5-7(10)3-2-6(4-9)8(5)11/h2-3H,10-11H2,1H3. The topological polar surface area (TPSA) is 75.8 Å². The molecule has 0 spiro atoms. The summed E-state index contributed by atoms with van der Waals surface area (Å²) in [5.74, 6) is 0. The maximum atomic E-state index is 8.56. The van der Waals surface area contributed by atoms with Crippen molar-refractivity contribution >= 4 is 11.4 Å². The van der Waals surface area contributed by atoms with Crippen LogP contribution in [0.5, 0.6) is 0 Å². The van der Waals surface area contributed by atoms with Gasteiger partial charge in [-0.05, 0) is 24.6 Å². The van der Waals surface area contributed by atoms with Gasteiger partial charge in [-0.3, -0.25) is 0 Å². The zero-order valence-electron chi connectivity index (χ0n) is 6.26. The van der Waals surface area contributed by atoms with Gasteiger partial charge in [-0.25, -0.2) is 0 Å². The first kappa shape index (κ1) is 7.42. The van der Waals surface area contributed by atoms with Crippen LogP contribution in [0.15, 0.2) is 12.1 Å². The van der Waals surface area contributed by atoms with Crippen LogP contribution < -0.4 is 11.5 Å². The smallest absolute Gasteiger partial charge is 0.101 e. The predicted octanol–water partition coefficient (Wildman–Crippen LogP) is 1.03. The molecule has 0 saturated heterocycles. The zero-order valence-corrected chi connectivity index (χ0v) is 6.26. The highest BCUT2D eigenvalue weighted by molar-refractivity contribution is 5.67. The zero-order chi connectivity index (χ0) is 8.43. The molecular formula is C8H9N3. The minimum Gasteiger partial charge on any atom is -0.398 e. The van der Waals surface area contributed by atoms with Crippen LogP contribution in [-0.4, -0.2) is 0 Å². The van der Waals surface area contributed by atoms with Crippen LogP contribution in [0.2, 0.25) is 0 Å². The van der Waals surface area contributed by atoms with Crippen LogP contribution in [0.3, 0.4) is 0 Å². The van der Waals surface area contributed by atoms with Crippen molar-refractivity contribution in [2.75, 3.05) is 11.5 Å². The van der Waals surface area contributed by atoms with Gasteiger partial charge in [0, 0.05) is 5.69 Å². The van der Waals surface area contributed by atoms with E-state index in [1.54, 1.807) is 19.1 Å². The van der Waals surface area contributed by atoms with Crippen molar-refractivity contribution < 1.29 is 0 Å². The second-order valence-electron chi connectivity index (χ2n) is 2.35. The van der Waals surface area contributed by atoms with E-state index in [4.69, 9.17) is 16.7 Å². The Hall–Kier alpha value is -1.69. The minimum absolute atomic E-state index is 0.479. The number of nitrogen functional groups attached to an aromatic ring is 2. The summed E-state index contributed by atoms with van der Waals surface area (Å²) in [6.07, 6.45) is 0. The number of nitrogens with zero attached hydrogens (tertiary/aromatic N) is 1. The molecule has 0 fully saturated rings. The first-order valence-electron chi connectivity index (χ1n) is 3.21. The first-order valence-corrected chi connectivity index (χ1v) is 3.21. The second kappa shape index (κ2) is 2.51. The third-order valence-corrected chi connectivity index (χ3v) is 1.68. The summed E-state index contributed by atoms with van der Waals surface area (Å²) < 4.78 is 0. The minimum atomic E-state index is 0.479. The van der Waals surface area contributed by atoms with E-state index in [-0.39, 0.29) is 0 Å². The van der Waals surface area contributed by atoms with E-state index in [1.165, 1.54) is 0 Å². The fourth-order valence-corrected chi connectivity index (χ4v) is 0.843. The normalized spacial score (nSPS) is 9.09. The number of benzene rings is 1. The fourth-order valence-electron chi connectivity index (χ4n) is 0.843. The highest BCUT2D eigenvalue weighted by atomic mass is 14.6. The summed E-state index contributed by atoms with van der Waals surface area (Å²) in [6.45, 7) is 1.80. The van der Waals surface area contributed by atoms with Gasteiger partial charge in [0.1, 0.15) is 6.07 Å². The molecular weight excluding hydrogens is 138 g/mol. The van der Waals surface area contributed by atoms with E-state index in [1.807, 2.05) is 6.07 Å². The number of nitriles is 1. The second-order valence-corrected chi connectivity index (χ2v) is 2.35. The van der Waals surface area contributed by atoms with Crippen molar-refractivity contribution in [3.8, 4) is 6.07 Å². The van der Waals surface area contributed by atoms with Crippen LogP contribution >= 0.6 is 0 Å². The predicted molar refractivity (Wildman–Crippen MR) is 44.7 cm³/mol. The lowest BCUT2D eigenvalue weighted by molar-refractivity contribution is 1.42. The molecule has 1 aromatic carbocycles. The molecule has 4 N–H and O–H groups in total. The molecule has 0 aliphatic heterocycles. The Morgan fingerprint density at radius 2 is 2.00 bits per heavy atom. The number of rotatable bonds is 0. The molecule has 0 bridgehead atoms. The van der Waals surface area contributed by atoms with Crippen molar-refractivity contribution in [2.24, 2.45) is 0 Å². The SMILES string of the molecule is Cc1c(N)ccc(C#N)c1N. The first-order chi connectivity index (χ1) is 5.16. The molecule has 0 aliphatic carbocycles. The molecule has 0 aromatic heterocycles. The van der Waals surface area contributed by atoms with Crippen LogP contribution in [0.25, 0.3) is 0 Å². The molecule has 3 nitrogen and oxygen atoms in total. The van der Waals surface area contributed by atoms with Gasteiger partial charge in [0.25, 0.3) is 0 Å². The lowest BCUT2D eigenvalue weighted by Crippen LogP contribution is -1.98. The molecule has 11 heavy (non-hydrogen) atoms. The molecule has 3 heteroatoms. The Balaban J connectivity index is 3.40. The van der Waals surface area contributed by atoms with Gasteiger partial charge in [-0.2, -0.15) is 5.26 Å². The van der Waals surface area contributed by atoms with E-state index in [9.17, 15) is 0 Å². The van der Waals surface area contributed by atoms with Gasteiger partial charge in [-0.1, -0.05) is 0 Å². The number of anilines is 2. The summed E-state index contributed by atoms with van der Waals surface area (Å²) in [6, 6.07) is 5.29. The maximum absolute atomic E-state index is 8.56. The molecule has 0 heterocycles. The summed E-state index contributed by atoms with van der Waals surface area (Å²) in [5.41, 5.74) is 13.5. The number of nitrogens with two attached hydrogens (primary N) is 2. The average Bonchev–Trinajstić information content (AvgIpc) is 2.01. The molecule has 56 valence electrons. The van der Waals surface area contributed by atoms with Crippen molar-refractivity contribution in [3.05, 3.63) is 23.3 Å². The molecule has 0 atom stereocenters. The van der Waals surface area contributed by atoms with Gasteiger partial charge in [0.05, 0.1) is 11.3 Å². The molecule has 0 saturated carbocycles. The quantitative estimate of drug-likeness (QED) is 0.538. The van der Waals surface area contributed by atoms with Crippen molar-refractivity contribution in [2.45, 2.75) is 6.92 Å². The molecule has 1 rings (SSSR count). The van der Waals surface area contributed by atoms with Crippen molar-refractivity contribution in [1.82, 2.24) is 0 Å².